The minimum absolute atomic E-state index is 0.305. The van der Waals surface area contributed by atoms with Crippen LogP contribution in [0.15, 0.2) is 48.5 Å². The lowest BCUT2D eigenvalue weighted by molar-refractivity contribution is 0.102. The molecular weight excluding hydrogens is 340 g/mol. The first-order valence-electron chi connectivity index (χ1n) is 7.97. The van der Waals surface area contributed by atoms with Gasteiger partial charge in [-0.25, -0.2) is 4.98 Å². The van der Waals surface area contributed by atoms with E-state index in [-0.39, 0.29) is 5.91 Å². The molecule has 5 nitrogen and oxygen atoms in total. The number of hydrogen-bond acceptors (Lipinski definition) is 4. The van der Waals surface area contributed by atoms with Crippen molar-refractivity contribution in [3.8, 4) is 11.5 Å². The maximum atomic E-state index is 12.6. The molecule has 0 saturated heterocycles. The molecule has 3 aromatic rings. The molecule has 0 atom stereocenters. The number of aromatic nitrogens is 1. The van der Waals surface area contributed by atoms with Crippen LogP contribution in [0.1, 0.15) is 16.8 Å². The standard InChI is InChI=1S/C19H15ClN2O3/c20-14-10-13(11-16-18(14)25-9-3-8-24-16)19(23)22-17-7-6-12-4-1-2-5-15(12)21-17/h1-2,4-7,10-11H,3,8-9H2,(H,21,22,23). The van der Waals surface area contributed by atoms with Crippen LogP contribution in [-0.2, 0) is 0 Å². The molecule has 0 radical (unpaired) electrons. The average molecular weight is 355 g/mol. The second-order valence-corrected chi connectivity index (χ2v) is 6.09. The van der Waals surface area contributed by atoms with E-state index in [1.54, 1.807) is 18.2 Å². The van der Waals surface area contributed by atoms with Crippen LogP contribution in [0, 0.1) is 0 Å². The summed E-state index contributed by atoms with van der Waals surface area (Å²) in [5, 5.41) is 4.17. The molecule has 0 bridgehead atoms. The Hall–Kier alpha value is -2.79. The number of nitrogens with one attached hydrogen (secondary N) is 1. The van der Waals surface area contributed by atoms with E-state index in [0.717, 1.165) is 17.3 Å². The molecular formula is C19H15ClN2O3. The monoisotopic (exact) mass is 354 g/mol. The Labute approximate surface area is 149 Å². The number of fused-ring (bicyclic) bond motifs is 2. The van der Waals surface area contributed by atoms with E-state index in [4.69, 9.17) is 21.1 Å². The number of para-hydroxylation sites is 1. The molecule has 25 heavy (non-hydrogen) atoms. The van der Waals surface area contributed by atoms with Crippen molar-refractivity contribution in [2.45, 2.75) is 6.42 Å². The van der Waals surface area contributed by atoms with E-state index >= 15 is 0 Å². The van der Waals surface area contributed by atoms with Crippen LogP contribution in [0.3, 0.4) is 0 Å². The zero-order chi connectivity index (χ0) is 17.2. The van der Waals surface area contributed by atoms with E-state index < -0.39 is 0 Å². The number of halogens is 1. The third kappa shape index (κ3) is 3.23. The van der Waals surface area contributed by atoms with Gasteiger partial charge < -0.3 is 14.8 Å². The minimum atomic E-state index is -0.305. The number of amides is 1. The summed E-state index contributed by atoms with van der Waals surface area (Å²) in [7, 11) is 0. The van der Waals surface area contributed by atoms with Crippen LogP contribution >= 0.6 is 11.6 Å². The lowest BCUT2D eigenvalue weighted by Crippen LogP contribution is -2.13. The molecule has 0 saturated carbocycles. The zero-order valence-electron chi connectivity index (χ0n) is 13.3. The molecule has 1 aliphatic heterocycles. The highest BCUT2D eigenvalue weighted by atomic mass is 35.5. The number of nitrogens with zero attached hydrogens (tertiary/aromatic N) is 1. The summed E-state index contributed by atoms with van der Waals surface area (Å²) >= 11 is 6.24. The van der Waals surface area contributed by atoms with E-state index in [2.05, 4.69) is 10.3 Å². The summed E-state index contributed by atoms with van der Waals surface area (Å²) in [6.45, 7) is 1.07. The first kappa shape index (κ1) is 15.7. The summed E-state index contributed by atoms with van der Waals surface area (Å²) in [6.07, 6.45) is 0.771. The van der Waals surface area contributed by atoms with E-state index in [1.807, 2.05) is 30.3 Å². The molecule has 2 aromatic carbocycles. The quantitative estimate of drug-likeness (QED) is 0.745. The number of carbonyl (C=O) groups is 1. The van der Waals surface area contributed by atoms with Crippen LogP contribution in [0.25, 0.3) is 10.9 Å². The van der Waals surface area contributed by atoms with Crippen molar-refractivity contribution in [1.29, 1.82) is 0 Å². The minimum Gasteiger partial charge on any atom is -0.489 e. The van der Waals surface area contributed by atoms with Crippen LogP contribution in [0.2, 0.25) is 5.02 Å². The highest BCUT2D eigenvalue weighted by Crippen LogP contribution is 2.38. The van der Waals surface area contributed by atoms with Gasteiger partial charge in [-0.1, -0.05) is 29.8 Å². The van der Waals surface area contributed by atoms with Gasteiger partial charge in [0.1, 0.15) is 5.82 Å². The molecule has 1 aromatic heterocycles. The molecule has 4 rings (SSSR count). The summed E-state index contributed by atoms with van der Waals surface area (Å²) < 4.78 is 11.2. The van der Waals surface area contributed by atoms with Gasteiger partial charge in [-0.05, 0) is 30.3 Å². The molecule has 2 heterocycles. The van der Waals surface area contributed by atoms with Gasteiger partial charge in [-0.2, -0.15) is 0 Å². The smallest absolute Gasteiger partial charge is 0.257 e. The Kier molecular flexibility index (Phi) is 4.15. The maximum absolute atomic E-state index is 12.6. The van der Waals surface area contributed by atoms with Crippen LogP contribution in [-0.4, -0.2) is 24.1 Å². The molecule has 6 heteroatoms. The molecule has 1 N–H and O–H groups in total. The van der Waals surface area contributed by atoms with Crippen molar-refractivity contribution >= 4 is 34.2 Å². The van der Waals surface area contributed by atoms with Gasteiger partial charge in [0.15, 0.2) is 11.5 Å². The normalized spacial score (nSPS) is 13.3. The zero-order valence-corrected chi connectivity index (χ0v) is 14.0. The molecule has 0 spiro atoms. The number of rotatable bonds is 2. The maximum Gasteiger partial charge on any atom is 0.257 e. The number of benzene rings is 2. The molecule has 126 valence electrons. The highest BCUT2D eigenvalue weighted by Gasteiger charge is 2.18. The SMILES string of the molecule is O=C(Nc1ccc2ccccc2n1)c1cc(Cl)c2c(c1)OCCCO2. The van der Waals surface area contributed by atoms with Gasteiger partial charge in [0.2, 0.25) is 0 Å². The number of pyridine rings is 1. The number of hydrogen-bond donors (Lipinski definition) is 1. The molecule has 0 fully saturated rings. The van der Waals surface area contributed by atoms with Crippen molar-refractivity contribution < 1.29 is 14.3 Å². The molecule has 0 unspecified atom stereocenters. The highest BCUT2D eigenvalue weighted by molar-refractivity contribution is 6.32. The molecule has 1 amide bonds. The predicted octanol–water partition coefficient (Wildman–Crippen LogP) is 4.30. The van der Waals surface area contributed by atoms with Crippen molar-refractivity contribution in [3.05, 3.63) is 59.1 Å². The Morgan fingerprint density at radius 1 is 1.08 bits per heavy atom. The summed E-state index contributed by atoms with van der Waals surface area (Å²) in [5.41, 5.74) is 1.21. The third-order valence-electron chi connectivity index (χ3n) is 3.90. The summed E-state index contributed by atoms with van der Waals surface area (Å²) in [4.78, 5) is 17.0. The van der Waals surface area contributed by atoms with Crippen LogP contribution < -0.4 is 14.8 Å². The van der Waals surface area contributed by atoms with Crippen molar-refractivity contribution in [3.63, 3.8) is 0 Å². The van der Waals surface area contributed by atoms with Gasteiger partial charge in [0, 0.05) is 17.4 Å². The van der Waals surface area contributed by atoms with Gasteiger partial charge in [-0.15, -0.1) is 0 Å². The van der Waals surface area contributed by atoms with Gasteiger partial charge >= 0.3 is 0 Å². The van der Waals surface area contributed by atoms with Crippen LogP contribution in [0.4, 0.5) is 5.82 Å². The second-order valence-electron chi connectivity index (χ2n) is 5.68. The first-order chi connectivity index (χ1) is 12.2. The summed E-state index contributed by atoms with van der Waals surface area (Å²) in [5.74, 6) is 1.15. The van der Waals surface area contributed by atoms with Crippen molar-refractivity contribution in [2.75, 3.05) is 18.5 Å². The van der Waals surface area contributed by atoms with E-state index in [0.29, 0.717) is 41.1 Å². The molecule has 0 aliphatic carbocycles. The second kappa shape index (κ2) is 6.61. The lowest BCUT2D eigenvalue weighted by Gasteiger charge is -2.11. The first-order valence-corrected chi connectivity index (χ1v) is 8.35. The van der Waals surface area contributed by atoms with Crippen LogP contribution in [0.5, 0.6) is 11.5 Å². The van der Waals surface area contributed by atoms with E-state index in [1.165, 1.54) is 0 Å². The third-order valence-corrected chi connectivity index (χ3v) is 4.19. The van der Waals surface area contributed by atoms with Gasteiger partial charge in [-0.3, -0.25) is 4.79 Å². The lowest BCUT2D eigenvalue weighted by atomic mass is 10.2. The average Bonchev–Trinajstić information content (AvgIpc) is 2.87. The fraction of sp³-hybridized carbons (Fsp3) is 0.158. The number of carbonyl (C=O) groups excluding carboxylic acids is 1. The Bertz CT molecular complexity index is 959. The molecule has 1 aliphatic rings. The predicted molar refractivity (Wildman–Crippen MR) is 96.8 cm³/mol. The largest absolute Gasteiger partial charge is 0.489 e. The van der Waals surface area contributed by atoms with Gasteiger partial charge in [0.25, 0.3) is 5.91 Å². The summed E-state index contributed by atoms with van der Waals surface area (Å²) in [6, 6.07) is 14.6. The Morgan fingerprint density at radius 3 is 2.84 bits per heavy atom. The fourth-order valence-electron chi connectivity index (χ4n) is 2.69. The van der Waals surface area contributed by atoms with Crippen molar-refractivity contribution in [1.82, 2.24) is 4.98 Å². The Balaban J connectivity index is 1.62. The number of ether oxygens (including phenoxy) is 2. The van der Waals surface area contributed by atoms with E-state index in [9.17, 15) is 4.79 Å². The van der Waals surface area contributed by atoms with Gasteiger partial charge in [0.05, 0.1) is 23.8 Å². The Morgan fingerprint density at radius 2 is 1.92 bits per heavy atom. The topological polar surface area (TPSA) is 60.5 Å². The van der Waals surface area contributed by atoms with Crippen molar-refractivity contribution in [2.24, 2.45) is 0 Å². The fourth-order valence-corrected chi connectivity index (χ4v) is 2.95. The number of anilines is 1.